The van der Waals surface area contributed by atoms with Gasteiger partial charge in [-0.25, -0.2) is 0 Å². The zero-order chi connectivity index (χ0) is 30.3. The van der Waals surface area contributed by atoms with Crippen molar-refractivity contribution >= 4 is 23.4 Å². The molecule has 4 aliphatic rings. The molecule has 228 valence electrons. The summed E-state index contributed by atoms with van der Waals surface area (Å²) in [5.74, 6) is 1.40. The number of carbonyl (C=O) groups excluding carboxylic acids is 4. The van der Waals surface area contributed by atoms with E-state index in [0.717, 1.165) is 37.8 Å². The summed E-state index contributed by atoms with van der Waals surface area (Å²) in [5.41, 5.74) is 2.77. The smallest absolute Gasteiger partial charge is 0.308 e. The number of ketones is 2. The number of piperidine rings is 1. The van der Waals surface area contributed by atoms with Crippen LogP contribution in [0, 0.1) is 5.92 Å². The third-order valence-electron chi connectivity index (χ3n) is 10.3. The number of Topliss-reactive ketones (excluding diaryl/α,β-unsaturated/α-hetero) is 2. The van der Waals surface area contributed by atoms with Gasteiger partial charge in [0.2, 0.25) is 5.91 Å². The summed E-state index contributed by atoms with van der Waals surface area (Å²) in [6.45, 7) is 6.90. The van der Waals surface area contributed by atoms with Crippen LogP contribution in [0.15, 0.2) is 42.5 Å². The van der Waals surface area contributed by atoms with Gasteiger partial charge in [-0.15, -0.1) is 0 Å². The average Bonchev–Trinajstić information content (AvgIpc) is 3.34. The number of carbonyl (C=O) groups is 4. The number of rotatable bonds is 11. The lowest BCUT2D eigenvalue weighted by molar-refractivity contribution is -0.143. The van der Waals surface area contributed by atoms with E-state index in [1.165, 1.54) is 12.5 Å². The molecule has 2 aliphatic carbocycles. The minimum atomic E-state index is -0.388. The summed E-state index contributed by atoms with van der Waals surface area (Å²) in [6.07, 6.45) is 5.32. The highest BCUT2D eigenvalue weighted by atomic mass is 16.6. The van der Waals surface area contributed by atoms with Gasteiger partial charge in [-0.3, -0.25) is 24.1 Å². The highest BCUT2D eigenvalue weighted by Gasteiger charge is 2.66. The Bertz CT molecular complexity index is 1420. The zero-order valence-corrected chi connectivity index (χ0v) is 25.5. The third kappa shape index (κ3) is 5.17. The number of ether oxygens (including phenoxy) is 2. The molecule has 8 nitrogen and oxygen atoms in total. The molecule has 2 heterocycles. The van der Waals surface area contributed by atoms with Crippen molar-refractivity contribution in [2.24, 2.45) is 5.92 Å². The van der Waals surface area contributed by atoms with Gasteiger partial charge in [0.05, 0.1) is 12.6 Å². The highest BCUT2D eigenvalue weighted by molar-refractivity contribution is 5.96. The van der Waals surface area contributed by atoms with Crippen LogP contribution in [0.5, 0.6) is 11.5 Å². The number of nitrogens with zero attached hydrogens (tertiary/aromatic N) is 2. The van der Waals surface area contributed by atoms with Crippen molar-refractivity contribution in [3.8, 4) is 11.5 Å². The molecule has 0 aromatic heterocycles. The van der Waals surface area contributed by atoms with Crippen LogP contribution in [-0.2, 0) is 26.2 Å². The molecule has 1 spiro atoms. The van der Waals surface area contributed by atoms with Crippen LogP contribution >= 0.6 is 0 Å². The molecule has 1 saturated heterocycles. The molecule has 2 aromatic rings. The van der Waals surface area contributed by atoms with Crippen molar-refractivity contribution in [2.75, 3.05) is 19.6 Å². The summed E-state index contributed by atoms with van der Waals surface area (Å²) < 4.78 is 12.5. The molecule has 2 fully saturated rings. The lowest BCUT2D eigenvalue weighted by atomic mass is 9.51. The zero-order valence-electron chi connectivity index (χ0n) is 25.5. The molecule has 2 bridgehead atoms. The second-order valence-electron chi connectivity index (χ2n) is 12.7. The van der Waals surface area contributed by atoms with Crippen LogP contribution in [0.25, 0.3) is 0 Å². The Morgan fingerprint density at radius 3 is 2.51 bits per heavy atom. The summed E-state index contributed by atoms with van der Waals surface area (Å²) >= 11 is 0. The fraction of sp³-hybridized carbons (Fsp3) is 0.543. The highest BCUT2D eigenvalue weighted by Crippen LogP contribution is 2.64. The molecule has 8 heteroatoms. The Morgan fingerprint density at radius 1 is 1.02 bits per heavy atom. The van der Waals surface area contributed by atoms with Crippen molar-refractivity contribution in [1.82, 2.24) is 9.80 Å². The number of likely N-dealkylation sites (tertiary alicyclic amines) is 1. The molecule has 1 saturated carbocycles. The van der Waals surface area contributed by atoms with Crippen LogP contribution < -0.4 is 9.47 Å². The normalized spacial score (nSPS) is 26.7. The largest absolute Gasteiger partial charge is 0.483 e. The first-order valence-electron chi connectivity index (χ1n) is 15.9. The Hall–Kier alpha value is -3.52. The molecule has 0 radical (unpaired) electrons. The first-order chi connectivity index (χ1) is 20.7. The quantitative estimate of drug-likeness (QED) is 0.160. The molecule has 2 aliphatic heterocycles. The van der Waals surface area contributed by atoms with Crippen LogP contribution in [0.4, 0.5) is 0 Å². The van der Waals surface area contributed by atoms with Crippen molar-refractivity contribution in [3.63, 3.8) is 0 Å². The minimum absolute atomic E-state index is 0.0934. The lowest BCUT2D eigenvalue weighted by Gasteiger charge is -2.60. The third-order valence-corrected chi connectivity index (χ3v) is 10.3. The SMILES string of the molecule is CCN(C(=O)CCCCC(=O)c1ccccc1)[C@H]1CC[C@H]2[C@H]3Cc4ccc(OC(C)=O)c5c4[C@@]2(CCN3CC(C)=O)[C@H]1O5. The van der Waals surface area contributed by atoms with Crippen molar-refractivity contribution in [2.45, 2.75) is 95.7 Å². The van der Waals surface area contributed by atoms with Gasteiger partial charge < -0.3 is 14.4 Å². The molecular formula is C35H42N2O6. The summed E-state index contributed by atoms with van der Waals surface area (Å²) in [5, 5.41) is 0. The topological polar surface area (TPSA) is 93.2 Å². The van der Waals surface area contributed by atoms with E-state index in [2.05, 4.69) is 11.0 Å². The predicted molar refractivity (Wildman–Crippen MR) is 161 cm³/mol. The van der Waals surface area contributed by atoms with Gasteiger partial charge in [-0.05, 0) is 76.5 Å². The van der Waals surface area contributed by atoms with Crippen LogP contribution in [0.1, 0.15) is 87.2 Å². The lowest BCUT2D eigenvalue weighted by Crippen LogP contribution is -2.69. The first-order valence-corrected chi connectivity index (χ1v) is 15.9. The van der Waals surface area contributed by atoms with E-state index in [4.69, 9.17) is 9.47 Å². The van der Waals surface area contributed by atoms with Crippen molar-refractivity contribution in [1.29, 1.82) is 0 Å². The van der Waals surface area contributed by atoms with E-state index in [0.29, 0.717) is 61.8 Å². The van der Waals surface area contributed by atoms with Crippen LogP contribution in [0.2, 0.25) is 0 Å². The molecule has 6 rings (SSSR count). The van der Waals surface area contributed by atoms with Gasteiger partial charge in [-0.1, -0.05) is 36.4 Å². The number of likely N-dealkylation sites (N-methyl/N-ethyl adjacent to an activating group) is 1. The molecule has 2 aromatic carbocycles. The molecule has 1 amide bonds. The van der Waals surface area contributed by atoms with E-state index in [9.17, 15) is 19.2 Å². The molecular weight excluding hydrogens is 544 g/mol. The standard InChI is InChI=1S/C35H42N2O6/c1-4-37(31(41)13-9-8-12-29(40)24-10-6-5-7-11-24)27-16-15-26-28-20-25-14-17-30(42-23(3)39)33-32(25)35(26,34(27)43-33)18-19-36(28)21-22(2)38/h5-7,10-11,14,17,26-28,34H,4,8-9,12-13,15-16,18-21H2,1-3H3/t26-,27-,28+,34-,35-/m0/s1. The Morgan fingerprint density at radius 2 is 1.79 bits per heavy atom. The van der Waals surface area contributed by atoms with Crippen LogP contribution in [0.3, 0.4) is 0 Å². The van der Waals surface area contributed by atoms with E-state index in [1.54, 1.807) is 6.92 Å². The van der Waals surface area contributed by atoms with Gasteiger partial charge in [0.1, 0.15) is 11.9 Å². The van der Waals surface area contributed by atoms with Gasteiger partial charge >= 0.3 is 5.97 Å². The Labute approximate surface area is 253 Å². The predicted octanol–water partition coefficient (Wildman–Crippen LogP) is 4.90. The van der Waals surface area contributed by atoms with Gasteiger partial charge in [0.25, 0.3) is 0 Å². The second-order valence-corrected chi connectivity index (χ2v) is 12.7. The van der Waals surface area contributed by atoms with Gasteiger partial charge in [0.15, 0.2) is 17.3 Å². The minimum Gasteiger partial charge on any atom is -0.483 e. The number of unbranched alkanes of at least 4 members (excludes halogenated alkanes) is 1. The van der Waals surface area contributed by atoms with Crippen molar-refractivity contribution in [3.05, 3.63) is 59.2 Å². The maximum absolute atomic E-state index is 13.7. The maximum Gasteiger partial charge on any atom is 0.308 e. The number of amides is 1. The summed E-state index contributed by atoms with van der Waals surface area (Å²) in [6, 6.07) is 13.3. The van der Waals surface area contributed by atoms with Gasteiger partial charge in [0, 0.05) is 48.9 Å². The number of hydrogen-bond acceptors (Lipinski definition) is 7. The van der Waals surface area contributed by atoms with Crippen LogP contribution in [-0.4, -0.2) is 71.1 Å². The Kier molecular flexibility index (Phi) is 8.16. The number of hydrogen-bond donors (Lipinski definition) is 0. The molecule has 0 N–H and O–H groups in total. The van der Waals surface area contributed by atoms with E-state index in [-0.39, 0.29) is 47.0 Å². The molecule has 5 atom stereocenters. The Balaban J connectivity index is 1.24. The van der Waals surface area contributed by atoms with Crippen molar-refractivity contribution < 1.29 is 28.7 Å². The molecule has 43 heavy (non-hydrogen) atoms. The number of benzene rings is 2. The number of esters is 1. The van der Waals surface area contributed by atoms with E-state index >= 15 is 0 Å². The fourth-order valence-electron chi connectivity index (χ4n) is 8.69. The maximum atomic E-state index is 13.7. The van der Waals surface area contributed by atoms with Gasteiger partial charge in [-0.2, -0.15) is 0 Å². The summed E-state index contributed by atoms with van der Waals surface area (Å²) in [7, 11) is 0. The summed E-state index contributed by atoms with van der Waals surface area (Å²) in [4.78, 5) is 54.8. The fourth-order valence-corrected chi connectivity index (χ4v) is 8.69. The first kappa shape index (κ1) is 29.5. The van der Waals surface area contributed by atoms with E-state index in [1.807, 2.05) is 48.2 Å². The van der Waals surface area contributed by atoms with E-state index < -0.39 is 0 Å². The average molecular weight is 587 g/mol. The molecule has 0 unspecified atom stereocenters. The second kappa shape index (κ2) is 11.9. The monoisotopic (exact) mass is 586 g/mol.